The van der Waals surface area contributed by atoms with Crippen LogP contribution in [0.1, 0.15) is 126 Å². The van der Waals surface area contributed by atoms with Gasteiger partial charge in [-0.05, 0) is 141 Å². The molecule has 0 amide bonds. The van der Waals surface area contributed by atoms with Crippen LogP contribution in [0.2, 0.25) is 0 Å². The monoisotopic (exact) mass is 466 g/mol. The van der Waals surface area contributed by atoms with Crippen molar-refractivity contribution in [3.63, 3.8) is 0 Å². The Hall–Kier alpha value is -0.590. The summed E-state index contributed by atoms with van der Waals surface area (Å²) in [6.45, 7) is 24.6. The fourth-order valence-electron chi connectivity index (χ4n) is 12.3. The predicted octanol–water partition coefficient (Wildman–Crippen LogP) is 9.26. The zero-order valence-corrected chi connectivity index (χ0v) is 23.9. The molecule has 5 aliphatic carbocycles. The summed E-state index contributed by atoms with van der Waals surface area (Å²) in [5, 5.41) is 0. The highest BCUT2D eigenvalue weighted by Gasteiger charge is 2.70. The van der Waals surface area contributed by atoms with E-state index in [0.29, 0.717) is 33.4 Å². The lowest BCUT2D eigenvalue weighted by Crippen LogP contribution is -2.66. The van der Waals surface area contributed by atoms with Gasteiger partial charge in [-0.3, -0.25) is 0 Å². The molecule has 10 atom stereocenters. The van der Waals surface area contributed by atoms with Crippen molar-refractivity contribution >= 4 is 5.78 Å². The van der Waals surface area contributed by atoms with Crippen LogP contribution in [0.15, 0.2) is 12.2 Å². The van der Waals surface area contributed by atoms with Crippen LogP contribution in [0.25, 0.3) is 0 Å². The summed E-state index contributed by atoms with van der Waals surface area (Å²) < 4.78 is 0. The molecule has 5 unspecified atom stereocenters. The summed E-state index contributed by atoms with van der Waals surface area (Å²) in [6, 6.07) is 0. The molecule has 5 saturated carbocycles. The van der Waals surface area contributed by atoms with Gasteiger partial charge in [-0.25, -0.2) is 0 Å². The van der Waals surface area contributed by atoms with E-state index in [-0.39, 0.29) is 5.41 Å². The van der Waals surface area contributed by atoms with Gasteiger partial charge >= 0.3 is 0 Å². The zero-order valence-electron chi connectivity index (χ0n) is 23.9. The summed E-state index contributed by atoms with van der Waals surface area (Å²) in [7, 11) is 0. The van der Waals surface area contributed by atoms with Gasteiger partial charge in [0, 0.05) is 6.42 Å². The number of rotatable bonds is 3. The van der Waals surface area contributed by atoms with Gasteiger partial charge in [0.15, 0.2) is 0 Å². The van der Waals surface area contributed by atoms with Crippen LogP contribution >= 0.6 is 0 Å². The topological polar surface area (TPSA) is 17.1 Å². The molecule has 0 bridgehead atoms. The number of fused-ring (bicyclic) bond motifs is 7. The molecular weight excluding hydrogens is 412 g/mol. The molecule has 1 nitrogen and oxygen atoms in total. The second kappa shape index (κ2) is 7.71. The standard InChI is InChI=1S/C33H54O/c1-21(2)24-13-15-30(6)18-19-32(8)25(28(24)30)10-11-27-31(7)16-12-23(20-22(3)34)29(4,5)26(31)14-17-33(27,32)9/h23-28H,1,10-20H2,2-9H3/t23-,24?,25?,26?,27?,28?,30-,31+,32-,33-/m1/s1. The van der Waals surface area contributed by atoms with Crippen LogP contribution in [-0.4, -0.2) is 5.78 Å². The first kappa shape index (κ1) is 25.1. The molecule has 5 fully saturated rings. The largest absolute Gasteiger partial charge is 0.300 e. The van der Waals surface area contributed by atoms with E-state index in [1.807, 2.05) is 6.92 Å². The van der Waals surface area contributed by atoms with Gasteiger partial charge in [0.25, 0.3) is 0 Å². The van der Waals surface area contributed by atoms with Crippen molar-refractivity contribution in [2.45, 2.75) is 126 Å². The molecule has 0 aromatic carbocycles. The predicted molar refractivity (Wildman–Crippen MR) is 143 cm³/mol. The molecular formula is C33H54O. The molecule has 0 aromatic rings. The Morgan fingerprint density at radius 1 is 0.765 bits per heavy atom. The van der Waals surface area contributed by atoms with Gasteiger partial charge in [0.05, 0.1) is 0 Å². The summed E-state index contributed by atoms with van der Waals surface area (Å²) >= 11 is 0. The minimum absolute atomic E-state index is 0.277. The maximum atomic E-state index is 12.1. The number of carbonyl (C=O) groups is 1. The highest BCUT2D eigenvalue weighted by atomic mass is 16.1. The molecule has 1 heteroatoms. The second-order valence-electron chi connectivity index (χ2n) is 15.8. The van der Waals surface area contributed by atoms with Crippen LogP contribution in [0, 0.1) is 62.6 Å². The summed E-state index contributed by atoms with van der Waals surface area (Å²) in [5.74, 6) is 5.05. The van der Waals surface area contributed by atoms with Crippen molar-refractivity contribution in [3.8, 4) is 0 Å². The Kier molecular flexibility index (Phi) is 5.68. The lowest BCUT2D eigenvalue weighted by atomic mass is 9.32. The minimum atomic E-state index is 0.277. The first-order chi connectivity index (χ1) is 15.7. The van der Waals surface area contributed by atoms with E-state index >= 15 is 0 Å². The number of Topliss-reactive ketones (excluding diaryl/α,β-unsaturated/α-hetero) is 1. The molecule has 0 spiro atoms. The highest BCUT2D eigenvalue weighted by molar-refractivity contribution is 5.75. The van der Waals surface area contributed by atoms with E-state index < -0.39 is 0 Å². The fourth-order valence-corrected chi connectivity index (χ4v) is 12.3. The van der Waals surface area contributed by atoms with Crippen LogP contribution in [0.3, 0.4) is 0 Å². The van der Waals surface area contributed by atoms with E-state index in [0.717, 1.165) is 36.0 Å². The highest BCUT2D eigenvalue weighted by Crippen LogP contribution is 2.77. The van der Waals surface area contributed by atoms with E-state index in [4.69, 9.17) is 0 Å². The number of carbonyl (C=O) groups excluding carboxylic acids is 1. The smallest absolute Gasteiger partial charge is 0.130 e. The molecule has 0 saturated heterocycles. The van der Waals surface area contributed by atoms with Gasteiger partial charge in [0.2, 0.25) is 0 Å². The molecule has 0 N–H and O–H groups in total. The maximum Gasteiger partial charge on any atom is 0.130 e. The summed E-state index contributed by atoms with van der Waals surface area (Å²) in [6.07, 6.45) is 14.7. The van der Waals surface area contributed by atoms with Gasteiger partial charge in [-0.1, -0.05) is 53.7 Å². The molecule has 0 heterocycles. The van der Waals surface area contributed by atoms with E-state index in [1.165, 1.54) is 69.8 Å². The van der Waals surface area contributed by atoms with Crippen molar-refractivity contribution in [1.82, 2.24) is 0 Å². The lowest BCUT2D eigenvalue weighted by Gasteiger charge is -2.73. The second-order valence-corrected chi connectivity index (χ2v) is 15.8. The number of hydrogen-bond donors (Lipinski definition) is 0. The van der Waals surface area contributed by atoms with Crippen molar-refractivity contribution < 1.29 is 4.79 Å². The third-order valence-corrected chi connectivity index (χ3v) is 14.3. The first-order valence-electron chi connectivity index (χ1n) is 14.9. The van der Waals surface area contributed by atoms with Crippen LogP contribution in [-0.2, 0) is 4.79 Å². The number of ketones is 1. The first-order valence-corrected chi connectivity index (χ1v) is 14.9. The number of allylic oxidation sites excluding steroid dienone is 1. The zero-order chi connectivity index (χ0) is 24.9. The van der Waals surface area contributed by atoms with Crippen LogP contribution in [0.5, 0.6) is 0 Å². The Morgan fingerprint density at radius 2 is 1.47 bits per heavy atom. The minimum Gasteiger partial charge on any atom is -0.300 e. The quantitative estimate of drug-likeness (QED) is 0.379. The average molecular weight is 467 g/mol. The molecule has 192 valence electrons. The van der Waals surface area contributed by atoms with Gasteiger partial charge in [-0.2, -0.15) is 0 Å². The fraction of sp³-hybridized carbons (Fsp3) is 0.909. The van der Waals surface area contributed by atoms with Gasteiger partial charge in [0.1, 0.15) is 5.78 Å². The molecule has 0 aliphatic heterocycles. The third-order valence-electron chi connectivity index (χ3n) is 14.3. The van der Waals surface area contributed by atoms with Crippen molar-refractivity contribution in [1.29, 1.82) is 0 Å². The normalized spacial score (nSPS) is 53.8. The molecule has 5 aliphatic rings. The van der Waals surface area contributed by atoms with E-state index in [1.54, 1.807) is 0 Å². The summed E-state index contributed by atoms with van der Waals surface area (Å²) in [4.78, 5) is 12.1. The summed E-state index contributed by atoms with van der Waals surface area (Å²) in [5.41, 5.74) is 3.64. The maximum absolute atomic E-state index is 12.1. The SMILES string of the molecule is C=C(C)C1CC[C@]2(C)CC[C@]3(C)C(CCC4[C@@]5(C)CC[C@H](CC(C)=O)C(C)(C)C5CC[C@]43C)C12. The van der Waals surface area contributed by atoms with Crippen molar-refractivity contribution in [2.24, 2.45) is 62.6 Å². The Bertz CT molecular complexity index is 868. The number of hydrogen-bond acceptors (Lipinski definition) is 1. The average Bonchev–Trinajstić information content (AvgIpc) is 3.08. The van der Waals surface area contributed by atoms with E-state index in [2.05, 4.69) is 55.0 Å². The van der Waals surface area contributed by atoms with Crippen LogP contribution in [0.4, 0.5) is 0 Å². The third kappa shape index (κ3) is 3.13. The Labute approximate surface area is 211 Å². The van der Waals surface area contributed by atoms with E-state index in [9.17, 15) is 4.79 Å². The lowest BCUT2D eigenvalue weighted by molar-refractivity contribution is -0.241. The Morgan fingerprint density at radius 3 is 2.12 bits per heavy atom. The van der Waals surface area contributed by atoms with Gasteiger partial charge < -0.3 is 4.79 Å². The molecule has 5 rings (SSSR count). The van der Waals surface area contributed by atoms with Crippen LogP contribution < -0.4 is 0 Å². The van der Waals surface area contributed by atoms with Crippen molar-refractivity contribution in [3.05, 3.63) is 12.2 Å². The van der Waals surface area contributed by atoms with Gasteiger partial charge in [-0.15, -0.1) is 0 Å². The van der Waals surface area contributed by atoms with Crippen molar-refractivity contribution in [2.75, 3.05) is 0 Å². The molecule has 0 aromatic heterocycles. The molecule has 34 heavy (non-hydrogen) atoms. The molecule has 0 radical (unpaired) electrons. The Balaban J connectivity index is 1.50.